The zero-order valence-corrected chi connectivity index (χ0v) is 16.4. The van der Waals surface area contributed by atoms with Crippen LogP contribution in [0.3, 0.4) is 0 Å². The standard InChI is InChI=1S/C12H18N6O4S3/c1-5(7(19)15-9(21)13-3)23-11-17-18-12(25-11)24-6(2)8(20)16-10(22)14-4/h5-6H,1-4H3,(H2,13,15,19,21)(H2,14,16,20,22)/t5-,6-/m1/s1. The summed E-state index contributed by atoms with van der Waals surface area (Å²) < 4.78 is 1.06. The molecule has 0 saturated carbocycles. The molecule has 1 aromatic rings. The van der Waals surface area contributed by atoms with Crippen LogP contribution >= 0.6 is 34.9 Å². The summed E-state index contributed by atoms with van der Waals surface area (Å²) in [5.41, 5.74) is 0. The summed E-state index contributed by atoms with van der Waals surface area (Å²) in [7, 11) is 2.83. The normalized spacial score (nSPS) is 12.6. The number of amides is 6. The van der Waals surface area contributed by atoms with Crippen LogP contribution in [0, 0.1) is 0 Å². The minimum Gasteiger partial charge on any atom is -0.341 e. The van der Waals surface area contributed by atoms with E-state index in [2.05, 4.69) is 31.5 Å². The smallest absolute Gasteiger partial charge is 0.321 e. The maximum atomic E-state index is 11.8. The number of nitrogens with one attached hydrogen (secondary N) is 4. The van der Waals surface area contributed by atoms with Crippen molar-refractivity contribution in [2.45, 2.75) is 33.0 Å². The van der Waals surface area contributed by atoms with Crippen molar-refractivity contribution in [2.24, 2.45) is 0 Å². The van der Waals surface area contributed by atoms with E-state index in [9.17, 15) is 19.2 Å². The third-order valence-electron chi connectivity index (χ3n) is 2.61. The zero-order chi connectivity index (χ0) is 19.0. The van der Waals surface area contributed by atoms with Gasteiger partial charge in [0.05, 0.1) is 10.5 Å². The Morgan fingerprint density at radius 1 is 0.840 bits per heavy atom. The van der Waals surface area contributed by atoms with Crippen LogP contribution in [0.5, 0.6) is 0 Å². The first-order chi connectivity index (χ1) is 11.8. The molecule has 2 atom stereocenters. The Balaban J connectivity index is 2.55. The summed E-state index contributed by atoms with van der Waals surface area (Å²) in [4.78, 5) is 45.8. The minimum atomic E-state index is -0.582. The van der Waals surface area contributed by atoms with Crippen molar-refractivity contribution in [2.75, 3.05) is 14.1 Å². The molecule has 1 aromatic heterocycles. The first-order valence-electron chi connectivity index (χ1n) is 6.98. The zero-order valence-electron chi connectivity index (χ0n) is 13.9. The molecule has 138 valence electrons. The molecule has 0 aromatic carbocycles. The number of thioether (sulfide) groups is 2. The molecular formula is C12H18N6O4S3. The van der Waals surface area contributed by atoms with E-state index in [1.165, 1.54) is 25.4 Å². The van der Waals surface area contributed by atoms with Crippen LogP contribution in [0.1, 0.15) is 13.8 Å². The van der Waals surface area contributed by atoms with Gasteiger partial charge in [-0.3, -0.25) is 20.2 Å². The van der Waals surface area contributed by atoms with Crippen LogP contribution in [0.4, 0.5) is 9.59 Å². The Hall–Kier alpha value is -1.86. The van der Waals surface area contributed by atoms with E-state index < -0.39 is 34.4 Å². The van der Waals surface area contributed by atoms with Gasteiger partial charge in [0.25, 0.3) is 0 Å². The highest BCUT2D eigenvalue weighted by molar-refractivity contribution is 8.04. The van der Waals surface area contributed by atoms with E-state index >= 15 is 0 Å². The van der Waals surface area contributed by atoms with Gasteiger partial charge in [0.15, 0.2) is 8.68 Å². The second-order valence-corrected chi connectivity index (χ2v) is 8.64. The quantitative estimate of drug-likeness (QED) is 0.498. The van der Waals surface area contributed by atoms with Gasteiger partial charge >= 0.3 is 12.1 Å². The molecule has 0 radical (unpaired) electrons. The highest BCUT2D eigenvalue weighted by Crippen LogP contribution is 2.33. The largest absolute Gasteiger partial charge is 0.341 e. The van der Waals surface area contributed by atoms with Crippen molar-refractivity contribution >= 4 is 58.7 Å². The Kier molecular flexibility index (Phi) is 8.65. The molecule has 0 spiro atoms. The molecule has 13 heteroatoms. The predicted octanol–water partition coefficient (Wildman–Crippen LogP) is 0.410. The summed E-state index contributed by atoms with van der Waals surface area (Å²) in [6.45, 7) is 3.27. The van der Waals surface area contributed by atoms with Gasteiger partial charge in [-0.2, -0.15) is 0 Å². The van der Waals surface area contributed by atoms with E-state index in [0.29, 0.717) is 8.68 Å². The average molecular weight is 407 g/mol. The fourth-order valence-corrected chi connectivity index (χ4v) is 4.56. The highest BCUT2D eigenvalue weighted by atomic mass is 32.2. The van der Waals surface area contributed by atoms with Gasteiger partial charge in [-0.25, -0.2) is 9.59 Å². The van der Waals surface area contributed by atoms with E-state index in [1.807, 2.05) is 0 Å². The molecule has 4 N–H and O–H groups in total. The first kappa shape index (κ1) is 21.2. The Labute approximate surface area is 156 Å². The number of carbonyl (C=O) groups is 4. The molecule has 1 heterocycles. The van der Waals surface area contributed by atoms with Crippen LogP contribution in [0.15, 0.2) is 8.68 Å². The number of rotatable bonds is 6. The lowest BCUT2D eigenvalue weighted by Crippen LogP contribution is -2.41. The van der Waals surface area contributed by atoms with Gasteiger partial charge in [0, 0.05) is 14.1 Å². The third kappa shape index (κ3) is 7.27. The maximum Gasteiger partial charge on any atom is 0.321 e. The lowest BCUT2D eigenvalue weighted by Gasteiger charge is -2.09. The molecule has 0 aliphatic rings. The highest BCUT2D eigenvalue weighted by Gasteiger charge is 2.21. The third-order valence-corrected chi connectivity index (χ3v) is 5.90. The van der Waals surface area contributed by atoms with Gasteiger partial charge in [0.2, 0.25) is 11.8 Å². The molecule has 6 amide bonds. The number of hydrogen-bond donors (Lipinski definition) is 4. The molecule has 0 unspecified atom stereocenters. The van der Waals surface area contributed by atoms with Crippen molar-refractivity contribution in [3.8, 4) is 0 Å². The summed E-state index contributed by atoms with van der Waals surface area (Å²) in [5, 5.41) is 15.7. The summed E-state index contributed by atoms with van der Waals surface area (Å²) in [6.07, 6.45) is 0. The number of carbonyl (C=O) groups excluding carboxylic acids is 4. The summed E-state index contributed by atoms with van der Waals surface area (Å²) in [6, 6.07) is -1.16. The van der Waals surface area contributed by atoms with Crippen LogP contribution < -0.4 is 21.3 Å². The van der Waals surface area contributed by atoms with E-state index in [4.69, 9.17) is 0 Å². The SMILES string of the molecule is CNC(=O)NC(=O)[C@@H](C)Sc1nnc(S[C@H](C)C(=O)NC(=O)NC)s1. The van der Waals surface area contributed by atoms with Gasteiger partial charge < -0.3 is 10.6 Å². The summed E-state index contributed by atoms with van der Waals surface area (Å²) in [5.74, 6) is -0.904. The molecule has 25 heavy (non-hydrogen) atoms. The Morgan fingerprint density at radius 3 is 1.52 bits per heavy atom. The molecule has 1 rings (SSSR count). The monoisotopic (exact) mass is 406 g/mol. The number of urea groups is 2. The van der Waals surface area contributed by atoms with E-state index in [0.717, 1.165) is 23.5 Å². The molecule has 0 saturated heterocycles. The lowest BCUT2D eigenvalue weighted by atomic mass is 10.4. The molecule has 10 nitrogen and oxygen atoms in total. The van der Waals surface area contributed by atoms with Crippen molar-refractivity contribution in [1.29, 1.82) is 0 Å². The minimum absolute atomic E-state index is 0.452. The van der Waals surface area contributed by atoms with Crippen LogP contribution in [0.25, 0.3) is 0 Å². The number of aromatic nitrogens is 2. The maximum absolute atomic E-state index is 11.8. The van der Waals surface area contributed by atoms with Crippen molar-refractivity contribution in [3.05, 3.63) is 0 Å². The number of nitrogens with zero attached hydrogens (tertiary/aromatic N) is 2. The van der Waals surface area contributed by atoms with E-state index in [-0.39, 0.29) is 0 Å². The van der Waals surface area contributed by atoms with Gasteiger partial charge in [0.1, 0.15) is 0 Å². The lowest BCUT2D eigenvalue weighted by molar-refractivity contribution is -0.120. The Morgan fingerprint density at radius 2 is 1.20 bits per heavy atom. The molecule has 0 fully saturated rings. The van der Waals surface area contributed by atoms with Gasteiger partial charge in [-0.05, 0) is 13.8 Å². The Bertz CT molecular complexity index is 600. The number of hydrogen-bond acceptors (Lipinski definition) is 9. The number of imide groups is 2. The van der Waals surface area contributed by atoms with Crippen LogP contribution in [-0.2, 0) is 9.59 Å². The molecular weight excluding hydrogens is 388 g/mol. The molecule has 0 aliphatic carbocycles. The van der Waals surface area contributed by atoms with Crippen molar-refractivity contribution < 1.29 is 19.2 Å². The van der Waals surface area contributed by atoms with Crippen molar-refractivity contribution in [1.82, 2.24) is 31.5 Å². The second-order valence-electron chi connectivity index (χ2n) is 4.49. The molecule has 0 aliphatic heterocycles. The van der Waals surface area contributed by atoms with E-state index in [1.54, 1.807) is 13.8 Å². The van der Waals surface area contributed by atoms with Gasteiger partial charge in [-0.1, -0.05) is 34.9 Å². The summed E-state index contributed by atoms with van der Waals surface area (Å²) >= 11 is 3.52. The fraction of sp³-hybridized carbons (Fsp3) is 0.500. The molecule has 0 bridgehead atoms. The van der Waals surface area contributed by atoms with Crippen LogP contribution in [0.2, 0.25) is 0 Å². The first-order valence-corrected chi connectivity index (χ1v) is 9.56. The topological polar surface area (TPSA) is 142 Å². The predicted molar refractivity (Wildman–Crippen MR) is 95.7 cm³/mol. The van der Waals surface area contributed by atoms with Crippen LogP contribution in [-0.4, -0.2) is 58.7 Å². The van der Waals surface area contributed by atoms with Crippen molar-refractivity contribution in [3.63, 3.8) is 0 Å². The fourth-order valence-electron chi connectivity index (χ4n) is 1.25. The van der Waals surface area contributed by atoms with Gasteiger partial charge in [-0.15, -0.1) is 10.2 Å². The average Bonchev–Trinajstić information content (AvgIpc) is 3.00. The second kappa shape index (κ2) is 10.2.